The fraction of sp³-hybridized carbons (Fsp3) is 0.707. The zero-order chi connectivity index (χ0) is 49.2. The average molecular weight is 955 g/mol. The Morgan fingerprint density at radius 2 is 0.910 bits per heavy atom. The summed E-state index contributed by atoms with van der Waals surface area (Å²) in [6, 6.07) is -0.904. The smallest absolute Gasteiger partial charge is 0.268 e. The molecular formula is C58H103N2O6P. The number of carbonyl (C=O) groups excluding carboxylic acids is 1. The molecule has 0 saturated heterocycles. The normalized spacial score (nSPS) is 14.8. The van der Waals surface area contributed by atoms with E-state index in [1.807, 2.05) is 27.2 Å². The quantitative estimate of drug-likeness (QED) is 0.0272. The standard InChI is InChI=1S/C58H103N2O6P/c1-6-8-10-12-14-16-18-20-22-24-26-27-28-29-30-31-32-33-34-36-38-40-42-44-46-48-50-52-58(62)59-56(55-66-67(63,64)65-54-53-60(3,4)5)57(61)51-49-47-45-43-41-39-37-35-25-23-21-19-17-15-13-11-9-7-2/h8,10,14,16,20,22,26-27,29-30,32-33,36,38,49,51,56-57,61H,6-7,9,11-13,15,17-19,21,23-25,28,31,34-35,37,39-48,50,52-55H2,1-5H3,(H-,59,62,63,64)/b10-8-,16-14-,22-20-,27-26-,30-29-,33-32-,38-36-,51-49+. The first kappa shape index (κ1) is 64.4. The van der Waals surface area contributed by atoms with Crippen LogP contribution in [0.25, 0.3) is 0 Å². The highest BCUT2D eigenvalue weighted by molar-refractivity contribution is 7.45. The number of aliphatic hydroxyl groups excluding tert-OH is 1. The van der Waals surface area contributed by atoms with Gasteiger partial charge in [-0.3, -0.25) is 9.36 Å². The van der Waals surface area contributed by atoms with Crippen LogP contribution in [-0.4, -0.2) is 68.5 Å². The van der Waals surface area contributed by atoms with E-state index in [4.69, 9.17) is 9.05 Å². The number of allylic oxidation sites excluding steroid dienone is 15. The summed E-state index contributed by atoms with van der Waals surface area (Å²) < 4.78 is 23.3. The summed E-state index contributed by atoms with van der Waals surface area (Å²) in [5.41, 5.74) is 0. The van der Waals surface area contributed by atoms with E-state index in [9.17, 15) is 19.4 Å². The van der Waals surface area contributed by atoms with Gasteiger partial charge in [0.2, 0.25) is 5.91 Å². The van der Waals surface area contributed by atoms with E-state index < -0.39 is 26.6 Å². The van der Waals surface area contributed by atoms with Crippen LogP contribution in [-0.2, 0) is 18.4 Å². The lowest BCUT2D eigenvalue weighted by atomic mass is 10.0. The van der Waals surface area contributed by atoms with Crippen molar-refractivity contribution in [3.05, 3.63) is 97.2 Å². The summed E-state index contributed by atoms with van der Waals surface area (Å²) in [5, 5.41) is 13.9. The Labute approximate surface area is 413 Å². The molecule has 0 fully saturated rings. The Bertz CT molecular complexity index is 1410. The van der Waals surface area contributed by atoms with Crippen molar-refractivity contribution in [2.45, 2.75) is 225 Å². The second-order valence-electron chi connectivity index (χ2n) is 19.2. The molecule has 8 nitrogen and oxygen atoms in total. The molecule has 67 heavy (non-hydrogen) atoms. The molecular weight excluding hydrogens is 852 g/mol. The number of phosphoric ester groups is 1. The summed E-state index contributed by atoms with van der Waals surface area (Å²) >= 11 is 0. The number of carbonyl (C=O) groups is 1. The highest BCUT2D eigenvalue weighted by Gasteiger charge is 2.23. The minimum absolute atomic E-state index is 0.0102. The van der Waals surface area contributed by atoms with Crippen LogP contribution < -0.4 is 10.2 Å². The predicted octanol–water partition coefficient (Wildman–Crippen LogP) is 15.6. The van der Waals surface area contributed by atoms with Crippen molar-refractivity contribution in [3.63, 3.8) is 0 Å². The van der Waals surface area contributed by atoms with Crippen LogP contribution in [0.4, 0.5) is 0 Å². The van der Waals surface area contributed by atoms with Crippen molar-refractivity contribution >= 4 is 13.7 Å². The molecule has 0 aromatic heterocycles. The number of likely N-dealkylation sites (N-methyl/N-ethyl adjacent to an activating group) is 1. The van der Waals surface area contributed by atoms with E-state index in [2.05, 4.69) is 104 Å². The highest BCUT2D eigenvalue weighted by Crippen LogP contribution is 2.38. The van der Waals surface area contributed by atoms with Crippen molar-refractivity contribution < 1.29 is 32.9 Å². The number of amides is 1. The molecule has 0 aromatic carbocycles. The largest absolute Gasteiger partial charge is 0.756 e. The number of hydrogen-bond acceptors (Lipinski definition) is 6. The van der Waals surface area contributed by atoms with Gasteiger partial charge in [-0.15, -0.1) is 0 Å². The van der Waals surface area contributed by atoms with E-state index in [1.165, 1.54) is 89.9 Å². The summed E-state index contributed by atoms with van der Waals surface area (Å²) in [5.74, 6) is -0.220. The fourth-order valence-electron chi connectivity index (χ4n) is 7.31. The number of phosphoric acid groups is 1. The number of rotatable bonds is 48. The molecule has 0 heterocycles. The highest BCUT2D eigenvalue weighted by atomic mass is 31.2. The second-order valence-corrected chi connectivity index (χ2v) is 20.6. The molecule has 0 aliphatic carbocycles. The predicted molar refractivity (Wildman–Crippen MR) is 288 cm³/mol. The van der Waals surface area contributed by atoms with Crippen molar-refractivity contribution in [1.82, 2.24) is 5.32 Å². The fourth-order valence-corrected chi connectivity index (χ4v) is 8.03. The Hall–Kier alpha value is -2.58. The Morgan fingerprint density at radius 3 is 1.33 bits per heavy atom. The van der Waals surface area contributed by atoms with Gasteiger partial charge in [-0.25, -0.2) is 0 Å². The summed E-state index contributed by atoms with van der Waals surface area (Å²) in [7, 11) is 1.23. The van der Waals surface area contributed by atoms with Crippen LogP contribution in [0.1, 0.15) is 213 Å². The molecule has 3 unspecified atom stereocenters. The van der Waals surface area contributed by atoms with Crippen molar-refractivity contribution in [1.29, 1.82) is 0 Å². The molecule has 0 aromatic rings. The molecule has 3 atom stereocenters. The molecule has 2 N–H and O–H groups in total. The van der Waals surface area contributed by atoms with Gasteiger partial charge in [-0.2, -0.15) is 0 Å². The van der Waals surface area contributed by atoms with Crippen LogP contribution in [0, 0.1) is 0 Å². The van der Waals surface area contributed by atoms with E-state index in [1.54, 1.807) is 6.08 Å². The molecule has 386 valence electrons. The van der Waals surface area contributed by atoms with E-state index in [-0.39, 0.29) is 12.5 Å². The third kappa shape index (κ3) is 51.1. The Kier molecular flexibility index (Phi) is 46.6. The van der Waals surface area contributed by atoms with Gasteiger partial charge in [-0.05, 0) is 77.0 Å². The molecule has 0 spiro atoms. The lowest BCUT2D eigenvalue weighted by Gasteiger charge is -2.29. The number of nitrogens with one attached hydrogen (secondary N) is 1. The van der Waals surface area contributed by atoms with Crippen molar-refractivity contribution in [2.75, 3.05) is 40.9 Å². The SMILES string of the molecule is CC/C=C\C/C=C\C/C=C\C/C=C\C/C=C\C/C=C\C/C=C\CCCCCCCC(=O)NC(COP(=O)([O-])OCC[N+](C)(C)C)C(O)/C=C/CCCCCCCCCCCCCCCCCC. The van der Waals surface area contributed by atoms with Gasteiger partial charge in [0.05, 0.1) is 39.9 Å². The van der Waals surface area contributed by atoms with E-state index >= 15 is 0 Å². The first-order valence-corrected chi connectivity index (χ1v) is 28.6. The Balaban J connectivity index is 4.35. The maximum absolute atomic E-state index is 12.9. The maximum Gasteiger partial charge on any atom is 0.268 e. The lowest BCUT2D eigenvalue weighted by molar-refractivity contribution is -0.870. The van der Waals surface area contributed by atoms with Crippen molar-refractivity contribution in [2.24, 2.45) is 0 Å². The third-order valence-corrected chi connectivity index (χ3v) is 12.5. The number of unbranched alkanes of at least 4 members (excludes halogenated alkanes) is 21. The first-order valence-electron chi connectivity index (χ1n) is 27.1. The van der Waals surface area contributed by atoms with Gasteiger partial charge in [0.1, 0.15) is 13.2 Å². The Morgan fingerprint density at radius 1 is 0.537 bits per heavy atom. The summed E-state index contributed by atoms with van der Waals surface area (Å²) in [6.07, 6.45) is 68.9. The van der Waals surface area contributed by atoms with Crippen LogP contribution in [0.2, 0.25) is 0 Å². The number of nitrogens with zero attached hydrogens (tertiary/aromatic N) is 1. The minimum Gasteiger partial charge on any atom is -0.756 e. The van der Waals surface area contributed by atoms with Gasteiger partial charge in [0.15, 0.2) is 0 Å². The van der Waals surface area contributed by atoms with E-state index in [0.29, 0.717) is 17.4 Å². The van der Waals surface area contributed by atoms with Crippen LogP contribution in [0.3, 0.4) is 0 Å². The first-order chi connectivity index (χ1) is 32.5. The van der Waals surface area contributed by atoms with E-state index in [0.717, 1.165) is 103 Å². The molecule has 0 saturated carbocycles. The van der Waals surface area contributed by atoms with Crippen LogP contribution in [0.15, 0.2) is 97.2 Å². The number of aliphatic hydroxyl groups is 1. The topological polar surface area (TPSA) is 108 Å². The summed E-state index contributed by atoms with van der Waals surface area (Å²) in [4.78, 5) is 25.5. The molecule has 1 amide bonds. The molecule has 0 rings (SSSR count). The molecule has 0 aliphatic heterocycles. The summed E-state index contributed by atoms with van der Waals surface area (Å²) in [6.45, 7) is 4.51. The molecule has 9 heteroatoms. The number of hydrogen-bond donors (Lipinski definition) is 2. The molecule has 0 aliphatic rings. The van der Waals surface area contributed by atoms with Gasteiger partial charge in [-0.1, -0.05) is 227 Å². The minimum atomic E-state index is -4.61. The molecule has 0 bridgehead atoms. The van der Waals surface area contributed by atoms with Gasteiger partial charge >= 0.3 is 0 Å². The van der Waals surface area contributed by atoms with Gasteiger partial charge < -0.3 is 28.8 Å². The number of quaternary nitrogens is 1. The van der Waals surface area contributed by atoms with Crippen molar-refractivity contribution in [3.8, 4) is 0 Å². The maximum atomic E-state index is 12.9. The zero-order valence-corrected chi connectivity index (χ0v) is 44.7. The second kappa shape index (κ2) is 48.4. The third-order valence-electron chi connectivity index (χ3n) is 11.5. The molecule has 0 radical (unpaired) electrons. The monoisotopic (exact) mass is 955 g/mol. The zero-order valence-electron chi connectivity index (χ0n) is 43.8. The lowest BCUT2D eigenvalue weighted by Crippen LogP contribution is -2.45. The van der Waals surface area contributed by atoms with Crippen LogP contribution in [0.5, 0.6) is 0 Å². The average Bonchev–Trinajstić information content (AvgIpc) is 3.29. The van der Waals surface area contributed by atoms with Crippen LogP contribution >= 0.6 is 7.82 Å². The van der Waals surface area contributed by atoms with Gasteiger partial charge in [0, 0.05) is 6.42 Å². The van der Waals surface area contributed by atoms with Gasteiger partial charge in [0.25, 0.3) is 7.82 Å².